The van der Waals surface area contributed by atoms with Gasteiger partial charge in [-0.15, -0.1) is 0 Å². The number of carbonyl (C=O) groups is 1. The van der Waals surface area contributed by atoms with Gasteiger partial charge in [-0.25, -0.2) is 4.79 Å². The van der Waals surface area contributed by atoms with E-state index in [4.69, 9.17) is 14.6 Å². The maximum absolute atomic E-state index is 11.8. The Kier molecular flexibility index (Phi) is 4.99. The van der Waals surface area contributed by atoms with Crippen molar-refractivity contribution >= 4 is 5.97 Å². The van der Waals surface area contributed by atoms with Crippen LogP contribution >= 0.6 is 0 Å². The molecule has 1 rings (SSSR count). The monoisotopic (exact) mass is 280 g/mol. The predicted molar refractivity (Wildman–Crippen MR) is 57.5 cm³/mol. The van der Waals surface area contributed by atoms with E-state index >= 15 is 0 Å². The zero-order valence-electron chi connectivity index (χ0n) is 9.86. The third kappa shape index (κ3) is 5.04. The highest BCUT2D eigenvalue weighted by Gasteiger charge is 2.27. The number of carboxylic acid groups (broad SMARTS) is 1. The molecule has 0 saturated heterocycles. The van der Waals surface area contributed by atoms with E-state index in [1.54, 1.807) is 0 Å². The van der Waals surface area contributed by atoms with Gasteiger partial charge in [0.2, 0.25) is 0 Å². The molecular weight excluding hydrogens is 269 g/mol. The van der Waals surface area contributed by atoms with Gasteiger partial charge in [-0.2, -0.15) is 13.2 Å². The summed E-state index contributed by atoms with van der Waals surface area (Å²) >= 11 is 0. The third-order valence-electron chi connectivity index (χ3n) is 1.97. The molecule has 1 aromatic carbocycles. The molecule has 0 aliphatic carbocycles. The normalized spacial score (nSPS) is 11.2. The van der Waals surface area contributed by atoms with Crippen molar-refractivity contribution in [3.63, 3.8) is 0 Å². The zero-order valence-corrected chi connectivity index (χ0v) is 9.86. The van der Waals surface area contributed by atoms with Crippen molar-refractivity contribution in [1.82, 2.24) is 0 Å². The molecular formula is C11H11F3O5. The molecule has 0 aliphatic rings. The lowest BCUT2D eigenvalue weighted by Gasteiger charge is -2.12. The summed E-state index contributed by atoms with van der Waals surface area (Å²) in [7, 11) is 1.32. The number of hydrogen-bond acceptors (Lipinski definition) is 4. The lowest BCUT2D eigenvalue weighted by atomic mass is 10.2. The summed E-state index contributed by atoms with van der Waals surface area (Å²) in [6.45, 7) is -2.12. The number of rotatable bonds is 6. The lowest BCUT2D eigenvalue weighted by Crippen LogP contribution is -2.19. The summed E-state index contributed by atoms with van der Waals surface area (Å²) < 4.78 is 49.5. The van der Waals surface area contributed by atoms with Crippen LogP contribution < -0.4 is 9.47 Å². The van der Waals surface area contributed by atoms with E-state index in [-0.39, 0.29) is 17.1 Å². The molecule has 0 fully saturated rings. The Morgan fingerprint density at radius 2 is 2.00 bits per heavy atom. The highest BCUT2D eigenvalue weighted by molar-refractivity contribution is 5.88. The van der Waals surface area contributed by atoms with Crippen LogP contribution in [0.5, 0.6) is 11.5 Å². The quantitative estimate of drug-likeness (QED) is 0.640. The second-order valence-corrected chi connectivity index (χ2v) is 3.40. The van der Waals surface area contributed by atoms with Crippen LogP contribution in [0.2, 0.25) is 0 Å². The third-order valence-corrected chi connectivity index (χ3v) is 1.97. The highest BCUT2D eigenvalue weighted by Crippen LogP contribution is 2.28. The molecule has 5 nitrogen and oxygen atoms in total. The molecule has 0 bridgehead atoms. The van der Waals surface area contributed by atoms with Gasteiger partial charge < -0.3 is 19.3 Å². The Morgan fingerprint density at radius 3 is 2.53 bits per heavy atom. The van der Waals surface area contributed by atoms with Gasteiger partial charge in [0.05, 0.1) is 12.7 Å². The molecule has 0 aromatic heterocycles. The number of hydrogen-bond donors (Lipinski definition) is 1. The summed E-state index contributed by atoms with van der Waals surface area (Å²) in [5.41, 5.74) is -0.0772. The Morgan fingerprint density at radius 1 is 1.32 bits per heavy atom. The van der Waals surface area contributed by atoms with Crippen molar-refractivity contribution in [2.45, 2.75) is 6.18 Å². The number of ether oxygens (including phenoxy) is 3. The first kappa shape index (κ1) is 15.1. The lowest BCUT2D eigenvalue weighted by molar-refractivity contribution is -0.186. The van der Waals surface area contributed by atoms with Crippen LogP contribution in [0.1, 0.15) is 10.4 Å². The maximum Gasteiger partial charge on any atom is 0.411 e. The van der Waals surface area contributed by atoms with Crippen molar-refractivity contribution in [3.05, 3.63) is 23.8 Å². The molecule has 0 atom stereocenters. The second kappa shape index (κ2) is 6.28. The smallest absolute Gasteiger partial charge is 0.411 e. The highest BCUT2D eigenvalue weighted by atomic mass is 19.4. The molecule has 0 saturated carbocycles. The molecule has 0 heterocycles. The minimum atomic E-state index is -4.45. The average molecular weight is 280 g/mol. The van der Waals surface area contributed by atoms with Crippen LogP contribution in [-0.4, -0.2) is 37.8 Å². The van der Waals surface area contributed by atoms with Gasteiger partial charge in [0.1, 0.15) is 6.61 Å². The largest absolute Gasteiger partial charge is 0.493 e. The molecule has 0 amide bonds. The molecule has 1 aromatic rings. The first-order chi connectivity index (χ1) is 8.83. The summed E-state index contributed by atoms with van der Waals surface area (Å²) in [4.78, 5) is 10.7. The van der Waals surface area contributed by atoms with Gasteiger partial charge in [0.25, 0.3) is 0 Å². The van der Waals surface area contributed by atoms with Crippen LogP contribution in [0.15, 0.2) is 18.2 Å². The summed E-state index contributed by atoms with van der Waals surface area (Å²) in [5, 5.41) is 8.77. The minimum Gasteiger partial charge on any atom is -0.493 e. The standard InChI is InChI=1S/C11H11F3O5/c1-17-8-3-2-7(10(15)16)4-9(8)19-6-18-5-11(12,13)14/h2-4H,5-6H2,1H3,(H,15,16). The van der Waals surface area contributed by atoms with Crippen molar-refractivity contribution in [2.24, 2.45) is 0 Å². The van der Waals surface area contributed by atoms with E-state index in [0.29, 0.717) is 0 Å². The van der Waals surface area contributed by atoms with Crippen LogP contribution in [0.25, 0.3) is 0 Å². The fraction of sp³-hybridized carbons (Fsp3) is 0.364. The first-order valence-electron chi connectivity index (χ1n) is 5.02. The van der Waals surface area contributed by atoms with Crippen LogP contribution in [0.3, 0.4) is 0 Å². The number of aromatic carboxylic acids is 1. The van der Waals surface area contributed by atoms with E-state index in [1.807, 2.05) is 0 Å². The number of alkyl halides is 3. The number of methoxy groups -OCH3 is 1. The molecule has 19 heavy (non-hydrogen) atoms. The van der Waals surface area contributed by atoms with Crippen LogP contribution in [0.4, 0.5) is 13.2 Å². The minimum absolute atomic E-state index is 0.00965. The Labute approximate surface area is 106 Å². The summed E-state index contributed by atoms with van der Waals surface area (Å²) in [6.07, 6.45) is -4.45. The van der Waals surface area contributed by atoms with Gasteiger partial charge in [-0.3, -0.25) is 0 Å². The molecule has 0 unspecified atom stereocenters. The van der Waals surface area contributed by atoms with Crippen LogP contribution in [-0.2, 0) is 4.74 Å². The summed E-state index contributed by atoms with van der Waals surface area (Å²) in [5.74, 6) is -1.01. The fourth-order valence-electron chi connectivity index (χ4n) is 1.19. The average Bonchev–Trinajstić information content (AvgIpc) is 2.33. The Bertz CT molecular complexity index is 444. The van der Waals surface area contributed by atoms with E-state index in [0.717, 1.165) is 6.07 Å². The van der Waals surface area contributed by atoms with Crippen molar-refractivity contribution in [3.8, 4) is 11.5 Å². The molecule has 1 N–H and O–H groups in total. The van der Waals surface area contributed by atoms with E-state index in [9.17, 15) is 18.0 Å². The second-order valence-electron chi connectivity index (χ2n) is 3.40. The number of halogens is 3. The van der Waals surface area contributed by atoms with Gasteiger partial charge in [-0.05, 0) is 18.2 Å². The van der Waals surface area contributed by atoms with E-state index < -0.39 is 25.5 Å². The maximum atomic E-state index is 11.8. The predicted octanol–water partition coefficient (Wildman–Crippen LogP) is 2.31. The van der Waals surface area contributed by atoms with Crippen molar-refractivity contribution in [1.29, 1.82) is 0 Å². The zero-order chi connectivity index (χ0) is 14.5. The van der Waals surface area contributed by atoms with Crippen LogP contribution in [0, 0.1) is 0 Å². The van der Waals surface area contributed by atoms with Gasteiger partial charge in [0, 0.05) is 0 Å². The van der Waals surface area contributed by atoms with E-state index in [2.05, 4.69) is 4.74 Å². The molecule has 0 radical (unpaired) electrons. The van der Waals surface area contributed by atoms with Gasteiger partial charge in [-0.1, -0.05) is 0 Å². The van der Waals surface area contributed by atoms with E-state index in [1.165, 1.54) is 19.2 Å². The topological polar surface area (TPSA) is 65.0 Å². The van der Waals surface area contributed by atoms with Gasteiger partial charge >= 0.3 is 12.1 Å². The Balaban J connectivity index is 2.65. The first-order valence-corrected chi connectivity index (χ1v) is 5.02. The summed E-state index contributed by atoms with van der Waals surface area (Å²) in [6, 6.07) is 3.76. The SMILES string of the molecule is COc1ccc(C(=O)O)cc1OCOCC(F)(F)F. The molecule has 0 spiro atoms. The van der Waals surface area contributed by atoms with Gasteiger partial charge in [0.15, 0.2) is 18.3 Å². The van der Waals surface area contributed by atoms with Crippen molar-refractivity contribution < 1.29 is 37.3 Å². The molecule has 0 aliphatic heterocycles. The Hall–Kier alpha value is -1.96. The molecule has 106 valence electrons. The molecule has 8 heteroatoms. The number of benzene rings is 1. The fourth-order valence-corrected chi connectivity index (χ4v) is 1.19. The van der Waals surface area contributed by atoms with Crippen molar-refractivity contribution in [2.75, 3.05) is 20.5 Å². The number of carboxylic acids is 1.